The van der Waals surface area contributed by atoms with Gasteiger partial charge >= 0.3 is 5.97 Å². The summed E-state index contributed by atoms with van der Waals surface area (Å²) >= 11 is 1.46. The molecule has 148 valence electrons. The van der Waals surface area contributed by atoms with Crippen LogP contribution in [0.3, 0.4) is 0 Å². The lowest BCUT2D eigenvalue weighted by atomic mass is 9.89. The van der Waals surface area contributed by atoms with Crippen LogP contribution in [0.5, 0.6) is 0 Å². The second-order valence-corrected chi connectivity index (χ2v) is 8.57. The smallest absolute Gasteiger partial charge is 0.340 e. The number of anilines is 1. The maximum absolute atomic E-state index is 12.5. The highest BCUT2D eigenvalue weighted by atomic mass is 32.1. The summed E-state index contributed by atoms with van der Waals surface area (Å²) in [6.07, 6.45) is 4.55. The number of nitrogens with one attached hydrogen (secondary N) is 1. The van der Waals surface area contributed by atoms with E-state index >= 15 is 0 Å². The number of thiophene rings is 1. The van der Waals surface area contributed by atoms with Crippen molar-refractivity contribution in [3.63, 3.8) is 0 Å². The van der Waals surface area contributed by atoms with Gasteiger partial charge in [-0.15, -0.1) is 11.3 Å². The zero-order valence-corrected chi connectivity index (χ0v) is 17.1. The third-order valence-corrected chi connectivity index (χ3v) is 6.50. The summed E-state index contributed by atoms with van der Waals surface area (Å²) in [5.74, 6) is -0.406. The van der Waals surface area contributed by atoms with E-state index in [-0.39, 0.29) is 0 Å². The van der Waals surface area contributed by atoms with Crippen molar-refractivity contribution in [2.24, 2.45) is 13.0 Å². The number of carbonyl (C=O) groups excluding carboxylic acids is 2. The van der Waals surface area contributed by atoms with Gasteiger partial charge in [-0.05, 0) is 36.8 Å². The first-order valence-corrected chi connectivity index (χ1v) is 10.3. The number of aromatic nitrogens is 1. The number of carbonyl (C=O) groups is 2. The summed E-state index contributed by atoms with van der Waals surface area (Å²) in [6.45, 7) is 1.80. The molecule has 0 unspecified atom stereocenters. The van der Waals surface area contributed by atoms with E-state index in [0.717, 1.165) is 35.7 Å². The van der Waals surface area contributed by atoms with Gasteiger partial charge in [0.05, 0.1) is 11.1 Å². The zero-order valence-electron chi connectivity index (χ0n) is 16.3. The number of esters is 1. The van der Waals surface area contributed by atoms with Crippen LogP contribution >= 0.6 is 11.3 Å². The molecule has 1 amide bonds. The predicted octanol–water partition coefficient (Wildman–Crippen LogP) is 4.03. The molecule has 0 fully saturated rings. The Morgan fingerprint density at radius 3 is 2.97 bits per heavy atom. The molecule has 1 aliphatic rings. The summed E-state index contributed by atoms with van der Waals surface area (Å²) in [5.41, 5.74) is 2.94. The molecule has 1 aliphatic carbocycles. The highest BCUT2D eigenvalue weighted by molar-refractivity contribution is 7.16. The van der Waals surface area contributed by atoms with Gasteiger partial charge in [0, 0.05) is 29.0 Å². The molecule has 1 atom stereocenters. The van der Waals surface area contributed by atoms with Crippen LogP contribution < -0.4 is 5.32 Å². The van der Waals surface area contributed by atoms with Crippen molar-refractivity contribution in [3.8, 4) is 6.07 Å². The molecule has 29 heavy (non-hydrogen) atoms. The van der Waals surface area contributed by atoms with Gasteiger partial charge in [-0.2, -0.15) is 5.26 Å². The summed E-state index contributed by atoms with van der Waals surface area (Å²) in [6, 6.07) is 9.75. The number of nitrogens with zero attached hydrogens (tertiary/aromatic N) is 2. The van der Waals surface area contributed by atoms with Gasteiger partial charge in [-0.1, -0.05) is 25.1 Å². The fourth-order valence-corrected chi connectivity index (χ4v) is 5.21. The lowest BCUT2D eigenvalue weighted by Gasteiger charge is -2.17. The van der Waals surface area contributed by atoms with E-state index in [0.29, 0.717) is 22.0 Å². The molecule has 1 aromatic carbocycles. The molecule has 4 rings (SSSR count). The predicted molar refractivity (Wildman–Crippen MR) is 112 cm³/mol. The van der Waals surface area contributed by atoms with E-state index in [2.05, 4.69) is 18.3 Å². The van der Waals surface area contributed by atoms with Gasteiger partial charge in [0.2, 0.25) is 0 Å². The SMILES string of the molecule is C[C@H]1CCc2c(sc(NC(=O)COC(=O)c3cn(C)c4ccccc34)c2C#N)C1. The standard InChI is InChI=1S/C22H21N3O3S/c1-13-7-8-15-16(10-23)21(29-19(15)9-13)24-20(26)12-28-22(27)17-11-25(2)18-6-4-3-5-14(17)18/h3-6,11,13H,7-9,12H2,1-2H3,(H,24,26)/t13-/m0/s1. The minimum atomic E-state index is -0.545. The molecule has 7 heteroatoms. The molecule has 0 radical (unpaired) electrons. The molecule has 3 aromatic rings. The van der Waals surface area contributed by atoms with Crippen molar-refractivity contribution >= 4 is 39.1 Å². The second kappa shape index (κ2) is 7.72. The molecule has 2 heterocycles. The number of para-hydroxylation sites is 1. The average molecular weight is 407 g/mol. The lowest BCUT2D eigenvalue weighted by Crippen LogP contribution is -2.20. The molecule has 0 saturated carbocycles. The molecule has 0 aliphatic heterocycles. The Hall–Kier alpha value is -3.11. The van der Waals surface area contributed by atoms with Gasteiger partial charge < -0.3 is 14.6 Å². The first-order chi connectivity index (χ1) is 14.0. The molecular formula is C22H21N3O3S. The van der Waals surface area contributed by atoms with Crippen molar-refractivity contribution in [3.05, 3.63) is 52.0 Å². The first kappa shape index (κ1) is 19.2. The largest absolute Gasteiger partial charge is 0.452 e. The number of benzene rings is 1. The van der Waals surface area contributed by atoms with E-state index in [1.54, 1.807) is 6.20 Å². The Morgan fingerprint density at radius 1 is 1.38 bits per heavy atom. The highest BCUT2D eigenvalue weighted by Gasteiger charge is 2.25. The fraction of sp³-hybridized carbons (Fsp3) is 0.318. The van der Waals surface area contributed by atoms with Crippen LogP contribution in [-0.4, -0.2) is 23.1 Å². The molecular weight excluding hydrogens is 386 g/mol. The van der Waals surface area contributed by atoms with Crippen LogP contribution in [0, 0.1) is 17.2 Å². The van der Waals surface area contributed by atoms with Gasteiger partial charge in [0.25, 0.3) is 5.91 Å². The summed E-state index contributed by atoms with van der Waals surface area (Å²) in [7, 11) is 1.86. The monoisotopic (exact) mass is 407 g/mol. The number of nitriles is 1. The first-order valence-electron chi connectivity index (χ1n) is 9.53. The third kappa shape index (κ3) is 3.64. The number of fused-ring (bicyclic) bond motifs is 2. The van der Waals surface area contributed by atoms with Crippen molar-refractivity contribution in [2.45, 2.75) is 26.2 Å². The van der Waals surface area contributed by atoms with Crippen LogP contribution in [0.2, 0.25) is 0 Å². The van der Waals surface area contributed by atoms with Crippen LogP contribution in [0.1, 0.15) is 39.7 Å². The van der Waals surface area contributed by atoms with Gasteiger partial charge in [-0.3, -0.25) is 4.79 Å². The zero-order chi connectivity index (χ0) is 20.5. The van der Waals surface area contributed by atoms with E-state index in [4.69, 9.17) is 4.74 Å². The Balaban J connectivity index is 1.44. The molecule has 0 spiro atoms. The Labute approximate surface area is 172 Å². The normalized spacial score (nSPS) is 15.6. The average Bonchev–Trinajstić information content (AvgIpc) is 3.23. The topological polar surface area (TPSA) is 84.1 Å². The van der Waals surface area contributed by atoms with Crippen LogP contribution in [0.25, 0.3) is 10.9 Å². The lowest BCUT2D eigenvalue weighted by molar-refractivity contribution is -0.119. The van der Waals surface area contributed by atoms with Crippen molar-refractivity contribution in [2.75, 3.05) is 11.9 Å². The van der Waals surface area contributed by atoms with Gasteiger partial charge in [0.15, 0.2) is 6.61 Å². The quantitative estimate of drug-likeness (QED) is 0.662. The fourth-order valence-electron chi connectivity index (χ4n) is 3.83. The maximum atomic E-state index is 12.5. The minimum absolute atomic E-state index is 0.397. The van der Waals surface area contributed by atoms with E-state index in [1.165, 1.54) is 16.2 Å². The van der Waals surface area contributed by atoms with Crippen molar-refractivity contribution in [1.29, 1.82) is 5.26 Å². The maximum Gasteiger partial charge on any atom is 0.340 e. The molecule has 1 N–H and O–H groups in total. The van der Waals surface area contributed by atoms with Crippen LogP contribution in [0.4, 0.5) is 5.00 Å². The molecule has 0 saturated heterocycles. The van der Waals surface area contributed by atoms with Gasteiger partial charge in [0.1, 0.15) is 11.1 Å². The number of hydrogen-bond acceptors (Lipinski definition) is 5. The Bertz CT molecular complexity index is 1150. The summed E-state index contributed by atoms with van der Waals surface area (Å²) in [5, 5.41) is 13.6. The Morgan fingerprint density at radius 2 is 2.17 bits per heavy atom. The van der Waals surface area contributed by atoms with E-state index in [1.807, 2.05) is 35.9 Å². The summed E-state index contributed by atoms with van der Waals surface area (Å²) < 4.78 is 7.08. The van der Waals surface area contributed by atoms with E-state index in [9.17, 15) is 14.9 Å². The molecule has 6 nitrogen and oxygen atoms in total. The second-order valence-electron chi connectivity index (χ2n) is 7.46. The Kier molecular flexibility index (Phi) is 5.12. The van der Waals surface area contributed by atoms with E-state index < -0.39 is 18.5 Å². The van der Waals surface area contributed by atoms with Crippen LogP contribution in [0.15, 0.2) is 30.5 Å². The molecule has 0 bridgehead atoms. The number of hydrogen-bond donors (Lipinski definition) is 1. The minimum Gasteiger partial charge on any atom is -0.452 e. The number of rotatable bonds is 4. The molecule has 2 aromatic heterocycles. The number of ether oxygens (including phenoxy) is 1. The number of aryl methyl sites for hydroxylation is 1. The van der Waals surface area contributed by atoms with Crippen LogP contribution in [-0.2, 0) is 29.4 Å². The van der Waals surface area contributed by atoms with Crippen molar-refractivity contribution < 1.29 is 14.3 Å². The van der Waals surface area contributed by atoms with Gasteiger partial charge in [-0.25, -0.2) is 4.79 Å². The third-order valence-electron chi connectivity index (χ3n) is 5.33. The number of amides is 1. The highest BCUT2D eigenvalue weighted by Crippen LogP contribution is 2.39. The summed E-state index contributed by atoms with van der Waals surface area (Å²) in [4.78, 5) is 26.0. The van der Waals surface area contributed by atoms with Crippen molar-refractivity contribution in [1.82, 2.24) is 4.57 Å².